The third kappa shape index (κ3) is 3.19. The molecular formula is C10H15N3O2. The van der Waals surface area contributed by atoms with Crippen molar-refractivity contribution in [3.63, 3.8) is 0 Å². The van der Waals surface area contributed by atoms with Crippen molar-refractivity contribution in [1.29, 1.82) is 0 Å². The van der Waals surface area contributed by atoms with Crippen LogP contribution in [0.5, 0.6) is 0 Å². The maximum absolute atomic E-state index is 11.1. The van der Waals surface area contributed by atoms with Crippen molar-refractivity contribution < 1.29 is 9.53 Å². The van der Waals surface area contributed by atoms with Crippen LogP contribution in [0.2, 0.25) is 0 Å². The topological polar surface area (TPSA) is 64.1 Å². The lowest BCUT2D eigenvalue weighted by Gasteiger charge is -2.11. The summed E-state index contributed by atoms with van der Waals surface area (Å²) in [5.74, 6) is 0.189. The number of carbonyl (C=O) groups is 1. The molecule has 1 heterocycles. The van der Waals surface area contributed by atoms with E-state index in [1.54, 1.807) is 0 Å². The zero-order valence-corrected chi connectivity index (χ0v) is 9.15. The first-order valence-electron chi connectivity index (χ1n) is 4.84. The molecule has 5 nitrogen and oxygen atoms in total. The Morgan fingerprint density at radius 2 is 2.27 bits per heavy atom. The highest BCUT2D eigenvalue weighted by atomic mass is 16.5. The van der Waals surface area contributed by atoms with Crippen LogP contribution in [0, 0.1) is 0 Å². The zero-order valence-electron chi connectivity index (χ0n) is 9.15. The van der Waals surface area contributed by atoms with Gasteiger partial charge in [0.1, 0.15) is 5.82 Å². The Bertz CT molecular complexity index is 324. The monoisotopic (exact) mass is 209 g/mol. The summed E-state index contributed by atoms with van der Waals surface area (Å²) in [6, 6.07) is 0.336. The number of carbonyl (C=O) groups excluding carboxylic acids is 1. The predicted octanol–water partition coefficient (Wildman–Crippen LogP) is 1.47. The third-order valence-electron chi connectivity index (χ3n) is 2.05. The van der Waals surface area contributed by atoms with Crippen LogP contribution >= 0.6 is 0 Å². The Hall–Kier alpha value is -1.65. The first-order chi connectivity index (χ1) is 7.17. The molecule has 0 saturated heterocycles. The van der Waals surface area contributed by atoms with Crippen molar-refractivity contribution in [2.45, 2.75) is 26.3 Å². The van der Waals surface area contributed by atoms with Crippen LogP contribution in [0.4, 0.5) is 5.82 Å². The van der Waals surface area contributed by atoms with E-state index in [0.717, 1.165) is 6.42 Å². The lowest BCUT2D eigenvalue weighted by Crippen LogP contribution is -2.15. The Balaban J connectivity index is 2.68. The van der Waals surface area contributed by atoms with Crippen molar-refractivity contribution in [3.05, 3.63) is 18.1 Å². The molecule has 0 bridgehead atoms. The summed E-state index contributed by atoms with van der Waals surface area (Å²) in [6.07, 6.45) is 3.93. The van der Waals surface area contributed by atoms with Crippen LogP contribution in [-0.4, -0.2) is 29.1 Å². The SMILES string of the molecule is CCC(C)Nc1cnc(C(=O)OC)cn1. The lowest BCUT2D eigenvalue weighted by molar-refractivity contribution is 0.0593. The Morgan fingerprint density at radius 3 is 2.73 bits per heavy atom. The highest BCUT2D eigenvalue weighted by molar-refractivity contribution is 5.86. The fourth-order valence-electron chi connectivity index (χ4n) is 0.967. The summed E-state index contributed by atoms with van der Waals surface area (Å²) < 4.78 is 4.52. The van der Waals surface area contributed by atoms with Crippen LogP contribution in [0.1, 0.15) is 30.8 Å². The van der Waals surface area contributed by atoms with Crippen molar-refractivity contribution in [2.24, 2.45) is 0 Å². The fourth-order valence-corrected chi connectivity index (χ4v) is 0.967. The molecule has 0 saturated carbocycles. The van der Waals surface area contributed by atoms with E-state index in [0.29, 0.717) is 11.9 Å². The van der Waals surface area contributed by atoms with Gasteiger partial charge in [0.25, 0.3) is 0 Å². The van der Waals surface area contributed by atoms with Gasteiger partial charge in [0, 0.05) is 6.04 Å². The molecule has 0 radical (unpaired) electrons. The molecule has 1 N–H and O–H groups in total. The van der Waals surface area contributed by atoms with Crippen LogP contribution < -0.4 is 5.32 Å². The van der Waals surface area contributed by atoms with E-state index < -0.39 is 5.97 Å². The molecule has 1 atom stereocenters. The number of hydrogen-bond acceptors (Lipinski definition) is 5. The van der Waals surface area contributed by atoms with E-state index in [2.05, 4.69) is 33.9 Å². The van der Waals surface area contributed by atoms with E-state index in [9.17, 15) is 4.79 Å². The van der Waals surface area contributed by atoms with E-state index in [-0.39, 0.29) is 5.69 Å². The number of methoxy groups -OCH3 is 1. The molecular weight excluding hydrogens is 194 g/mol. The van der Waals surface area contributed by atoms with Gasteiger partial charge in [-0.3, -0.25) is 0 Å². The number of nitrogens with one attached hydrogen (secondary N) is 1. The molecule has 0 aliphatic carbocycles. The number of nitrogens with zero attached hydrogens (tertiary/aromatic N) is 2. The quantitative estimate of drug-likeness (QED) is 0.761. The largest absolute Gasteiger partial charge is 0.464 e. The molecule has 82 valence electrons. The van der Waals surface area contributed by atoms with Gasteiger partial charge < -0.3 is 10.1 Å². The summed E-state index contributed by atoms with van der Waals surface area (Å²) in [7, 11) is 1.31. The molecule has 0 spiro atoms. The zero-order chi connectivity index (χ0) is 11.3. The van der Waals surface area contributed by atoms with Crippen molar-refractivity contribution in [3.8, 4) is 0 Å². The molecule has 1 rings (SSSR count). The van der Waals surface area contributed by atoms with Gasteiger partial charge in [-0.2, -0.15) is 0 Å². The molecule has 5 heteroatoms. The van der Waals surface area contributed by atoms with Crippen LogP contribution in [0.15, 0.2) is 12.4 Å². The Labute approximate surface area is 88.9 Å². The van der Waals surface area contributed by atoms with Gasteiger partial charge in [-0.25, -0.2) is 14.8 Å². The second-order valence-electron chi connectivity index (χ2n) is 3.23. The normalized spacial score (nSPS) is 11.9. The average molecular weight is 209 g/mol. The minimum atomic E-state index is -0.474. The van der Waals surface area contributed by atoms with E-state index >= 15 is 0 Å². The minimum Gasteiger partial charge on any atom is -0.464 e. The van der Waals surface area contributed by atoms with Gasteiger partial charge in [0.05, 0.1) is 19.5 Å². The molecule has 1 aromatic heterocycles. The molecule has 1 unspecified atom stereocenters. The van der Waals surface area contributed by atoms with Gasteiger partial charge in [-0.1, -0.05) is 6.92 Å². The van der Waals surface area contributed by atoms with Crippen molar-refractivity contribution in [1.82, 2.24) is 9.97 Å². The number of rotatable bonds is 4. The first kappa shape index (κ1) is 11.4. The van der Waals surface area contributed by atoms with E-state index in [4.69, 9.17) is 0 Å². The molecule has 0 amide bonds. The predicted molar refractivity (Wildman–Crippen MR) is 56.7 cm³/mol. The summed E-state index contributed by atoms with van der Waals surface area (Å²) in [5, 5.41) is 3.15. The molecule has 0 aliphatic rings. The van der Waals surface area contributed by atoms with Crippen LogP contribution in [-0.2, 0) is 4.74 Å². The van der Waals surface area contributed by atoms with E-state index in [1.165, 1.54) is 19.5 Å². The first-order valence-corrected chi connectivity index (χ1v) is 4.84. The Morgan fingerprint density at radius 1 is 1.53 bits per heavy atom. The second-order valence-corrected chi connectivity index (χ2v) is 3.23. The number of aromatic nitrogens is 2. The fraction of sp³-hybridized carbons (Fsp3) is 0.500. The lowest BCUT2D eigenvalue weighted by atomic mass is 10.3. The van der Waals surface area contributed by atoms with Crippen LogP contribution in [0.25, 0.3) is 0 Å². The number of esters is 1. The highest BCUT2D eigenvalue weighted by Gasteiger charge is 2.07. The summed E-state index contributed by atoms with van der Waals surface area (Å²) in [6.45, 7) is 4.13. The number of ether oxygens (including phenoxy) is 1. The standard InChI is InChI=1S/C10H15N3O2/c1-4-7(2)13-9-6-11-8(5-12-9)10(14)15-3/h5-7H,4H2,1-3H3,(H,12,13). The summed E-state index contributed by atoms with van der Waals surface area (Å²) in [5.41, 5.74) is 0.215. The number of anilines is 1. The minimum absolute atomic E-state index is 0.215. The maximum Gasteiger partial charge on any atom is 0.358 e. The summed E-state index contributed by atoms with van der Waals surface area (Å²) in [4.78, 5) is 19.1. The van der Waals surface area contributed by atoms with Crippen LogP contribution in [0.3, 0.4) is 0 Å². The van der Waals surface area contributed by atoms with Gasteiger partial charge in [0.15, 0.2) is 5.69 Å². The second kappa shape index (κ2) is 5.29. The van der Waals surface area contributed by atoms with Crippen molar-refractivity contribution in [2.75, 3.05) is 12.4 Å². The van der Waals surface area contributed by atoms with Crippen molar-refractivity contribution >= 4 is 11.8 Å². The molecule has 0 aromatic carbocycles. The smallest absolute Gasteiger partial charge is 0.358 e. The molecule has 1 aromatic rings. The molecule has 0 aliphatic heterocycles. The maximum atomic E-state index is 11.1. The van der Waals surface area contributed by atoms with Gasteiger partial charge in [0.2, 0.25) is 0 Å². The number of hydrogen-bond donors (Lipinski definition) is 1. The molecule has 0 fully saturated rings. The highest BCUT2D eigenvalue weighted by Crippen LogP contribution is 2.05. The van der Waals surface area contributed by atoms with Gasteiger partial charge in [-0.15, -0.1) is 0 Å². The molecule has 15 heavy (non-hydrogen) atoms. The third-order valence-corrected chi connectivity index (χ3v) is 2.05. The van der Waals surface area contributed by atoms with Gasteiger partial charge in [-0.05, 0) is 13.3 Å². The summed E-state index contributed by atoms with van der Waals surface area (Å²) >= 11 is 0. The Kier molecular flexibility index (Phi) is 4.03. The van der Waals surface area contributed by atoms with E-state index in [1.807, 2.05) is 0 Å². The van der Waals surface area contributed by atoms with Gasteiger partial charge >= 0.3 is 5.97 Å². The average Bonchev–Trinajstić information content (AvgIpc) is 2.29.